The van der Waals surface area contributed by atoms with E-state index in [1.54, 1.807) is 6.20 Å². The molecule has 2 aromatic rings. The third kappa shape index (κ3) is 4.01. The first kappa shape index (κ1) is 16.2. The number of nitrogens with zero attached hydrogens (tertiary/aromatic N) is 2. The van der Waals surface area contributed by atoms with Crippen LogP contribution in [-0.2, 0) is 6.54 Å². The molecule has 0 spiro atoms. The SMILES string of the molecule is CC1CCN(c2ccc(CNC(=O)c3ccc(=O)[nH]c3)cn2)CC1. The fourth-order valence-electron chi connectivity index (χ4n) is 2.78. The number of carbonyl (C=O) groups excluding carboxylic acids is 1. The van der Waals surface area contributed by atoms with Crippen LogP contribution >= 0.6 is 0 Å². The summed E-state index contributed by atoms with van der Waals surface area (Å²) in [5.74, 6) is 1.57. The van der Waals surface area contributed by atoms with Gasteiger partial charge in [0.15, 0.2) is 0 Å². The van der Waals surface area contributed by atoms with Crippen molar-refractivity contribution in [3.8, 4) is 0 Å². The fraction of sp³-hybridized carbons (Fsp3) is 0.389. The van der Waals surface area contributed by atoms with Gasteiger partial charge in [-0.25, -0.2) is 4.98 Å². The largest absolute Gasteiger partial charge is 0.357 e. The van der Waals surface area contributed by atoms with Crippen molar-refractivity contribution in [2.75, 3.05) is 18.0 Å². The number of amides is 1. The maximum absolute atomic E-state index is 12.0. The molecule has 0 aliphatic carbocycles. The Morgan fingerprint density at radius 2 is 2.08 bits per heavy atom. The van der Waals surface area contributed by atoms with Crippen molar-refractivity contribution in [2.45, 2.75) is 26.3 Å². The average Bonchev–Trinajstić information content (AvgIpc) is 2.61. The minimum absolute atomic E-state index is 0.222. The monoisotopic (exact) mass is 326 g/mol. The van der Waals surface area contributed by atoms with Gasteiger partial charge in [0.2, 0.25) is 5.56 Å². The number of nitrogens with one attached hydrogen (secondary N) is 2. The molecule has 1 aliphatic rings. The maximum Gasteiger partial charge on any atom is 0.253 e. The minimum Gasteiger partial charge on any atom is -0.357 e. The van der Waals surface area contributed by atoms with Crippen molar-refractivity contribution in [1.29, 1.82) is 0 Å². The highest BCUT2D eigenvalue weighted by atomic mass is 16.1. The number of anilines is 1. The average molecular weight is 326 g/mol. The van der Waals surface area contributed by atoms with Gasteiger partial charge in [0, 0.05) is 38.1 Å². The van der Waals surface area contributed by atoms with Crippen molar-refractivity contribution in [3.05, 3.63) is 58.1 Å². The summed E-state index contributed by atoms with van der Waals surface area (Å²) in [6, 6.07) is 6.85. The Kier molecular flexibility index (Phi) is 4.93. The van der Waals surface area contributed by atoms with Gasteiger partial charge < -0.3 is 15.2 Å². The standard InChI is InChI=1S/C18H22N4O2/c1-13-6-8-22(9-7-13)16-4-2-14(10-19-16)11-21-18(24)15-3-5-17(23)20-12-15/h2-5,10,12-13H,6-9,11H2,1H3,(H,20,23)(H,21,24). The molecule has 3 rings (SSSR count). The number of H-pyrrole nitrogens is 1. The second-order valence-corrected chi connectivity index (χ2v) is 6.32. The van der Waals surface area contributed by atoms with Crippen LogP contribution in [0.2, 0.25) is 0 Å². The van der Waals surface area contributed by atoms with E-state index in [1.807, 2.05) is 12.1 Å². The van der Waals surface area contributed by atoms with E-state index in [1.165, 1.54) is 31.2 Å². The number of hydrogen-bond acceptors (Lipinski definition) is 4. The number of hydrogen-bond donors (Lipinski definition) is 2. The van der Waals surface area contributed by atoms with Gasteiger partial charge in [-0.3, -0.25) is 9.59 Å². The minimum atomic E-state index is -0.224. The van der Waals surface area contributed by atoms with Gasteiger partial charge in [-0.15, -0.1) is 0 Å². The zero-order valence-electron chi connectivity index (χ0n) is 13.8. The van der Waals surface area contributed by atoms with Gasteiger partial charge in [0.25, 0.3) is 5.91 Å². The molecule has 0 aromatic carbocycles. The zero-order chi connectivity index (χ0) is 16.9. The summed E-state index contributed by atoms with van der Waals surface area (Å²) in [5.41, 5.74) is 1.15. The van der Waals surface area contributed by atoms with E-state index in [4.69, 9.17) is 0 Å². The van der Waals surface area contributed by atoms with Crippen molar-refractivity contribution >= 4 is 11.7 Å². The smallest absolute Gasteiger partial charge is 0.253 e. The number of rotatable bonds is 4. The van der Waals surface area contributed by atoms with E-state index >= 15 is 0 Å². The summed E-state index contributed by atoms with van der Waals surface area (Å²) in [7, 11) is 0. The topological polar surface area (TPSA) is 78.1 Å². The molecule has 1 aliphatic heterocycles. The van der Waals surface area contributed by atoms with Gasteiger partial charge in [-0.1, -0.05) is 13.0 Å². The molecule has 2 N–H and O–H groups in total. The van der Waals surface area contributed by atoms with Gasteiger partial charge in [0.1, 0.15) is 5.82 Å². The van der Waals surface area contributed by atoms with Gasteiger partial charge in [0.05, 0.1) is 5.56 Å². The summed E-state index contributed by atoms with van der Waals surface area (Å²) in [6.45, 7) is 4.80. The summed E-state index contributed by atoms with van der Waals surface area (Å²) in [5, 5.41) is 2.82. The molecular weight excluding hydrogens is 304 g/mol. The predicted octanol–water partition coefficient (Wildman–Crippen LogP) is 1.94. The maximum atomic E-state index is 12.0. The molecule has 2 aromatic heterocycles. The Morgan fingerprint density at radius 3 is 2.71 bits per heavy atom. The number of piperidine rings is 1. The molecule has 6 heteroatoms. The Balaban J connectivity index is 1.55. The van der Waals surface area contributed by atoms with Crippen LogP contribution < -0.4 is 15.8 Å². The Bertz CT molecular complexity index is 726. The molecule has 0 unspecified atom stereocenters. The molecule has 1 saturated heterocycles. The second kappa shape index (κ2) is 7.29. The van der Waals surface area contributed by atoms with E-state index < -0.39 is 0 Å². The van der Waals surface area contributed by atoms with Gasteiger partial charge in [-0.2, -0.15) is 0 Å². The number of aromatic nitrogens is 2. The predicted molar refractivity (Wildman–Crippen MR) is 93.1 cm³/mol. The molecule has 1 amide bonds. The lowest BCUT2D eigenvalue weighted by molar-refractivity contribution is 0.0950. The number of pyridine rings is 2. The first-order valence-corrected chi connectivity index (χ1v) is 8.28. The zero-order valence-corrected chi connectivity index (χ0v) is 13.8. The molecule has 0 atom stereocenters. The van der Waals surface area contributed by atoms with Crippen molar-refractivity contribution in [1.82, 2.24) is 15.3 Å². The van der Waals surface area contributed by atoms with Crippen LogP contribution in [0.15, 0.2) is 41.5 Å². The summed E-state index contributed by atoms with van der Waals surface area (Å²) < 4.78 is 0. The summed E-state index contributed by atoms with van der Waals surface area (Å²) in [4.78, 5) is 32.3. The number of carbonyl (C=O) groups is 1. The van der Waals surface area contributed by atoms with Crippen LogP contribution in [0.5, 0.6) is 0 Å². The lowest BCUT2D eigenvalue weighted by atomic mass is 9.99. The third-order valence-corrected chi connectivity index (χ3v) is 4.42. The van der Waals surface area contributed by atoms with E-state index in [9.17, 15) is 9.59 Å². The first-order chi connectivity index (χ1) is 11.6. The van der Waals surface area contributed by atoms with Crippen molar-refractivity contribution < 1.29 is 4.79 Å². The van der Waals surface area contributed by atoms with Crippen LogP contribution in [-0.4, -0.2) is 29.0 Å². The van der Waals surface area contributed by atoms with E-state index in [2.05, 4.69) is 27.1 Å². The molecule has 0 bridgehead atoms. The number of aromatic amines is 1. The Hall–Kier alpha value is -2.63. The van der Waals surface area contributed by atoms with E-state index in [0.29, 0.717) is 12.1 Å². The lowest BCUT2D eigenvalue weighted by Gasteiger charge is -2.31. The quantitative estimate of drug-likeness (QED) is 0.900. The fourth-order valence-corrected chi connectivity index (χ4v) is 2.78. The van der Waals surface area contributed by atoms with Crippen LogP contribution in [0.3, 0.4) is 0 Å². The third-order valence-electron chi connectivity index (χ3n) is 4.42. The summed E-state index contributed by atoms with van der Waals surface area (Å²) in [6.07, 6.45) is 5.63. The molecule has 1 fully saturated rings. The van der Waals surface area contributed by atoms with E-state index in [0.717, 1.165) is 30.4 Å². The molecule has 0 radical (unpaired) electrons. The molecule has 6 nitrogen and oxygen atoms in total. The first-order valence-electron chi connectivity index (χ1n) is 8.28. The van der Waals surface area contributed by atoms with Gasteiger partial charge >= 0.3 is 0 Å². The Labute approximate surface area is 140 Å². The molecule has 126 valence electrons. The van der Waals surface area contributed by atoms with Crippen molar-refractivity contribution in [3.63, 3.8) is 0 Å². The van der Waals surface area contributed by atoms with Crippen LogP contribution in [0.1, 0.15) is 35.7 Å². The van der Waals surface area contributed by atoms with E-state index in [-0.39, 0.29) is 11.5 Å². The molecule has 24 heavy (non-hydrogen) atoms. The van der Waals surface area contributed by atoms with Crippen molar-refractivity contribution in [2.24, 2.45) is 5.92 Å². The molecular formula is C18H22N4O2. The highest BCUT2D eigenvalue weighted by Crippen LogP contribution is 2.21. The van der Waals surface area contributed by atoms with Crippen LogP contribution in [0, 0.1) is 5.92 Å². The van der Waals surface area contributed by atoms with Crippen LogP contribution in [0.4, 0.5) is 5.82 Å². The van der Waals surface area contributed by atoms with Crippen LogP contribution in [0.25, 0.3) is 0 Å². The second-order valence-electron chi connectivity index (χ2n) is 6.32. The van der Waals surface area contributed by atoms with Gasteiger partial charge in [-0.05, 0) is 36.5 Å². The summed E-state index contributed by atoms with van der Waals surface area (Å²) >= 11 is 0. The molecule has 3 heterocycles. The molecule has 0 saturated carbocycles. The normalized spacial score (nSPS) is 15.3. The highest BCUT2D eigenvalue weighted by molar-refractivity contribution is 5.93. The highest BCUT2D eigenvalue weighted by Gasteiger charge is 2.16. The Morgan fingerprint density at radius 1 is 1.29 bits per heavy atom. The lowest BCUT2D eigenvalue weighted by Crippen LogP contribution is -2.33.